The Kier molecular flexibility index (Phi) is 4.69. The van der Waals surface area contributed by atoms with E-state index < -0.39 is 11.4 Å². The molecule has 1 aromatic heterocycles. The van der Waals surface area contributed by atoms with E-state index in [2.05, 4.69) is 15.3 Å². The lowest BCUT2D eigenvalue weighted by Crippen LogP contribution is -2.15. The molecule has 1 aromatic carbocycles. The van der Waals surface area contributed by atoms with Gasteiger partial charge in [-0.15, -0.1) is 0 Å². The smallest absolute Gasteiger partial charge is 0.320 e. The fraction of sp³-hybridized carbons (Fsp3) is 0.0833. The van der Waals surface area contributed by atoms with Gasteiger partial charge < -0.3 is 5.32 Å². The average Bonchev–Trinajstić information content (AvgIpc) is 2.40. The number of aromatic nitrogens is 2. The number of nitrogens with zero attached hydrogens (tertiary/aromatic N) is 2. The van der Waals surface area contributed by atoms with Crippen molar-refractivity contribution in [1.29, 1.82) is 0 Å². The van der Waals surface area contributed by atoms with E-state index in [9.17, 15) is 18.0 Å². The fourth-order valence-corrected chi connectivity index (χ4v) is 2.12. The minimum atomic E-state index is -4.44. The number of benzene rings is 1. The van der Waals surface area contributed by atoms with E-state index in [4.69, 9.17) is 11.6 Å². The Labute approximate surface area is 126 Å². The van der Waals surface area contributed by atoms with Gasteiger partial charge in [0.15, 0.2) is 0 Å². The number of para-hydroxylation sites is 1. The molecule has 110 valence electrons. The monoisotopic (exact) mass is 333 g/mol. The standard InChI is InChI=1S/C12H7ClF3N3OS/c13-10-6-17-8(5-18-10)11(20)19-7-3-1-2-4-9(7)21-12(14,15)16/h1-6H,(H,19,20). The van der Waals surface area contributed by atoms with Crippen LogP contribution in [0.4, 0.5) is 18.9 Å². The molecule has 0 aliphatic rings. The van der Waals surface area contributed by atoms with Crippen molar-refractivity contribution in [2.24, 2.45) is 0 Å². The lowest BCUT2D eigenvalue weighted by molar-refractivity contribution is -0.0328. The number of hydrogen-bond donors (Lipinski definition) is 1. The van der Waals surface area contributed by atoms with Gasteiger partial charge in [-0.2, -0.15) is 13.2 Å². The number of rotatable bonds is 3. The van der Waals surface area contributed by atoms with Gasteiger partial charge in [0.2, 0.25) is 0 Å². The van der Waals surface area contributed by atoms with Crippen molar-refractivity contribution in [1.82, 2.24) is 9.97 Å². The molecule has 1 N–H and O–H groups in total. The molecule has 2 rings (SSSR count). The third-order valence-corrected chi connectivity index (χ3v) is 3.22. The molecule has 9 heteroatoms. The highest BCUT2D eigenvalue weighted by Gasteiger charge is 2.30. The van der Waals surface area contributed by atoms with Gasteiger partial charge in [-0.25, -0.2) is 9.97 Å². The number of thioether (sulfide) groups is 1. The first-order valence-corrected chi connectivity index (χ1v) is 6.68. The molecule has 0 atom stereocenters. The summed E-state index contributed by atoms with van der Waals surface area (Å²) >= 11 is 5.24. The maximum atomic E-state index is 12.4. The molecule has 0 radical (unpaired) electrons. The number of halogens is 4. The van der Waals surface area contributed by atoms with Gasteiger partial charge in [-0.3, -0.25) is 4.79 Å². The summed E-state index contributed by atoms with van der Waals surface area (Å²) in [5.74, 6) is -0.672. The van der Waals surface area contributed by atoms with Crippen LogP contribution in [0.2, 0.25) is 5.15 Å². The molecule has 0 bridgehead atoms. The van der Waals surface area contributed by atoms with Gasteiger partial charge in [0.05, 0.1) is 18.1 Å². The van der Waals surface area contributed by atoms with Gasteiger partial charge in [0.1, 0.15) is 10.8 Å². The van der Waals surface area contributed by atoms with Crippen LogP contribution in [0.25, 0.3) is 0 Å². The lowest BCUT2D eigenvalue weighted by atomic mass is 10.3. The van der Waals surface area contributed by atoms with E-state index in [-0.39, 0.29) is 33.2 Å². The molecule has 4 nitrogen and oxygen atoms in total. The number of carbonyl (C=O) groups is 1. The largest absolute Gasteiger partial charge is 0.446 e. The number of nitrogens with one attached hydrogen (secondary N) is 1. The lowest BCUT2D eigenvalue weighted by Gasteiger charge is -2.11. The molecular weight excluding hydrogens is 327 g/mol. The van der Waals surface area contributed by atoms with Crippen LogP contribution in [0.3, 0.4) is 0 Å². The Bertz CT molecular complexity index is 649. The zero-order valence-electron chi connectivity index (χ0n) is 10.2. The molecule has 2 aromatic rings. The molecule has 0 unspecified atom stereocenters. The van der Waals surface area contributed by atoms with Gasteiger partial charge in [0.25, 0.3) is 5.91 Å². The molecule has 0 saturated carbocycles. The summed E-state index contributed by atoms with van der Waals surface area (Å²) in [4.78, 5) is 19.2. The first kappa shape index (κ1) is 15.6. The van der Waals surface area contributed by atoms with Crippen molar-refractivity contribution in [2.75, 3.05) is 5.32 Å². The summed E-state index contributed by atoms with van der Waals surface area (Å²) in [6, 6.07) is 5.60. The highest BCUT2D eigenvalue weighted by molar-refractivity contribution is 8.00. The number of carbonyl (C=O) groups excluding carboxylic acids is 1. The second kappa shape index (κ2) is 6.31. The summed E-state index contributed by atoms with van der Waals surface area (Å²) in [5.41, 5.74) is -4.45. The molecule has 0 saturated heterocycles. The van der Waals surface area contributed by atoms with Crippen molar-refractivity contribution in [2.45, 2.75) is 10.4 Å². The fourth-order valence-electron chi connectivity index (χ4n) is 1.40. The number of anilines is 1. The predicted molar refractivity (Wildman–Crippen MR) is 73.3 cm³/mol. The summed E-state index contributed by atoms with van der Waals surface area (Å²) in [6.45, 7) is 0. The highest BCUT2D eigenvalue weighted by atomic mass is 35.5. The van der Waals surface area contributed by atoms with Crippen molar-refractivity contribution in [3.63, 3.8) is 0 Å². The molecule has 1 amide bonds. The first-order valence-electron chi connectivity index (χ1n) is 5.49. The highest BCUT2D eigenvalue weighted by Crippen LogP contribution is 2.40. The van der Waals surface area contributed by atoms with E-state index in [1.54, 1.807) is 0 Å². The second-order valence-electron chi connectivity index (χ2n) is 3.72. The second-order valence-corrected chi connectivity index (χ2v) is 5.22. The van der Waals surface area contributed by atoms with Crippen molar-refractivity contribution in [3.05, 3.63) is 47.5 Å². The van der Waals surface area contributed by atoms with Gasteiger partial charge >= 0.3 is 5.51 Å². The van der Waals surface area contributed by atoms with E-state index in [0.717, 1.165) is 6.20 Å². The van der Waals surface area contributed by atoms with Crippen molar-refractivity contribution >= 4 is 35.0 Å². The molecule has 0 aliphatic carbocycles. The van der Waals surface area contributed by atoms with Crippen LogP contribution in [0.1, 0.15) is 10.5 Å². The van der Waals surface area contributed by atoms with Crippen LogP contribution >= 0.6 is 23.4 Å². The molecular formula is C12H7ClF3N3OS. The maximum Gasteiger partial charge on any atom is 0.446 e. The summed E-state index contributed by atoms with van der Waals surface area (Å²) in [7, 11) is 0. The van der Waals surface area contributed by atoms with Crippen LogP contribution in [0, 0.1) is 0 Å². The quantitative estimate of drug-likeness (QED) is 0.863. The van der Waals surface area contributed by atoms with Crippen LogP contribution < -0.4 is 5.32 Å². The van der Waals surface area contributed by atoms with Crippen LogP contribution in [0.5, 0.6) is 0 Å². The van der Waals surface area contributed by atoms with E-state index in [0.29, 0.717) is 0 Å². The Hall–Kier alpha value is -1.80. The SMILES string of the molecule is O=C(Nc1ccccc1SC(F)(F)F)c1cnc(Cl)cn1. The van der Waals surface area contributed by atoms with Crippen molar-refractivity contribution < 1.29 is 18.0 Å². The predicted octanol–water partition coefficient (Wildman–Crippen LogP) is 3.99. The molecule has 21 heavy (non-hydrogen) atoms. The van der Waals surface area contributed by atoms with Crippen molar-refractivity contribution in [3.8, 4) is 0 Å². The first-order chi connectivity index (χ1) is 9.85. The summed E-state index contributed by atoms with van der Waals surface area (Å²) in [6.07, 6.45) is 2.31. The van der Waals surface area contributed by atoms with E-state index in [1.807, 2.05) is 0 Å². The minimum Gasteiger partial charge on any atom is -0.320 e. The summed E-state index contributed by atoms with van der Waals surface area (Å²) < 4.78 is 37.3. The molecule has 1 heterocycles. The van der Waals surface area contributed by atoms with E-state index >= 15 is 0 Å². The molecule has 0 fully saturated rings. The van der Waals surface area contributed by atoms with Gasteiger partial charge in [0, 0.05) is 4.90 Å². The Morgan fingerprint density at radius 1 is 1.19 bits per heavy atom. The van der Waals surface area contributed by atoms with E-state index in [1.165, 1.54) is 30.5 Å². The average molecular weight is 334 g/mol. The normalized spacial score (nSPS) is 11.2. The Morgan fingerprint density at radius 2 is 1.90 bits per heavy atom. The minimum absolute atomic E-state index is 0.0431. The van der Waals surface area contributed by atoms with Gasteiger partial charge in [-0.05, 0) is 23.9 Å². The summed E-state index contributed by atoms with van der Waals surface area (Å²) in [5, 5.41) is 2.47. The zero-order valence-corrected chi connectivity index (χ0v) is 11.8. The molecule has 0 aliphatic heterocycles. The number of hydrogen-bond acceptors (Lipinski definition) is 4. The third-order valence-electron chi connectivity index (χ3n) is 2.21. The maximum absolute atomic E-state index is 12.4. The van der Waals surface area contributed by atoms with Gasteiger partial charge in [-0.1, -0.05) is 23.7 Å². The Morgan fingerprint density at radius 3 is 2.52 bits per heavy atom. The molecule has 0 spiro atoms. The van der Waals surface area contributed by atoms with Crippen LogP contribution in [-0.2, 0) is 0 Å². The topological polar surface area (TPSA) is 54.9 Å². The van der Waals surface area contributed by atoms with Crippen LogP contribution in [-0.4, -0.2) is 21.4 Å². The zero-order chi connectivity index (χ0) is 15.5. The Balaban J connectivity index is 2.19. The third kappa shape index (κ3) is 4.61. The number of alkyl halides is 3. The number of amides is 1. The van der Waals surface area contributed by atoms with Crippen LogP contribution in [0.15, 0.2) is 41.6 Å².